The molecule has 0 saturated heterocycles. The van der Waals surface area contributed by atoms with E-state index in [9.17, 15) is 9.59 Å². The van der Waals surface area contributed by atoms with Crippen LogP contribution in [0, 0.1) is 0 Å². The second kappa shape index (κ2) is 3.65. The fourth-order valence-corrected chi connectivity index (χ4v) is 1.62. The topological polar surface area (TPSA) is 34.1 Å². The minimum absolute atomic E-state index is 0.172. The normalized spacial score (nSPS) is 14.9. The monoisotopic (exact) mass is 198 g/mol. The maximum Gasteiger partial charge on any atom is 0.197 e. The molecule has 0 radical (unpaired) electrons. The number of Topliss-reactive ketones (excluding diaryl/α,β-unsaturated/α-hetero) is 2. The molecule has 0 saturated carbocycles. The Morgan fingerprint density at radius 3 is 2.00 bits per heavy atom. The number of rotatable bonds is 1. The number of ketones is 2. The van der Waals surface area contributed by atoms with Crippen molar-refractivity contribution in [3.05, 3.63) is 59.2 Å². The van der Waals surface area contributed by atoms with Crippen molar-refractivity contribution < 1.29 is 9.59 Å². The van der Waals surface area contributed by atoms with E-state index in [1.165, 1.54) is 0 Å². The van der Waals surface area contributed by atoms with E-state index in [2.05, 4.69) is 0 Å². The summed E-state index contributed by atoms with van der Waals surface area (Å²) >= 11 is 0. The lowest BCUT2D eigenvalue weighted by Crippen LogP contribution is -1.99. The third-order valence-corrected chi connectivity index (χ3v) is 2.36. The zero-order valence-electron chi connectivity index (χ0n) is 8.36. The molecule has 1 aliphatic rings. The Morgan fingerprint density at radius 1 is 1.00 bits per heavy atom. The number of hydrogen-bond donors (Lipinski definition) is 0. The van der Waals surface area contributed by atoms with Crippen molar-refractivity contribution in [2.24, 2.45) is 0 Å². The summed E-state index contributed by atoms with van der Waals surface area (Å²) in [4.78, 5) is 23.6. The van der Waals surface area contributed by atoms with E-state index < -0.39 is 0 Å². The molecule has 1 aliphatic carbocycles. The van der Waals surface area contributed by atoms with Gasteiger partial charge >= 0.3 is 0 Å². The van der Waals surface area contributed by atoms with Gasteiger partial charge in [0.1, 0.15) is 0 Å². The second-order valence-electron chi connectivity index (χ2n) is 3.31. The van der Waals surface area contributed by atoms with Crippen LogP contribution < -0.4 is 0 Å². The van der Waals surface area contributed by atoms with Gasteiger partial charge in [-0.15, -0.1) is 0 Å². The molecule has 74 valence electrons. The summed E-state index contributed by atoms with van der Waals surface area (Å²) in [6, 6.07) is 6.91. The minimum atomic E-state index is -0.172. The first-order chi connectivity index (χ1) is 7.25. The Bertz CT molecular complexity index is 456. The summed E-state index contributed by atoms with van der Waals surface area (Å²) in [5, 5.41) is 0. The third-order valence-electron chi connectivity index (χ3n) is 2.36. The summed E-state index contributed by atoms with van der Waals surface area (Å²) in [7, 11) is 0. The van der Waals surface area contributed by atoms with Crippen LogP contribution >= 0.6 is 0 Å². The second-order valence-corrected chi connectivity index (χ2v) is 3.31. The molecular formula is C13H10O2. The van der Waals surface area contributed by atoms with Gasteiger partial charge in [0.05, 0.1) is 5.57 Å². The Hall–Kier alpha value is -1.96. The highest BCUT2D eigenvalue weighted by Crippen LogP contribution is 2.25. The van der Waals surface area contributed by atoms with Crippen LogP contribution in [0.15, 0.2) is 48.1 Å². The summed E-state index contributed by atoms with van der Waals surface area (Å²) in [5.41, 5.74) is 1.28. The molecule has 0 unspecified atom stereocenters. The molecule has 0 fully saturated rings. The number of allylic oxidation sites excluding steroid dienone is 4. The van der Waals surface area contributed by atoms with Crippen LogP contribution in [-0.2, 0) is 0 Å². The smallest absolute Gasteiger partial charge is 0.197 e. The first-order valence-corrected chi connectivity index (χ1v) is 4.77. The predicted octanol–water partition coefficient (Wildman–Crippen LogP) is 2.57. The van der Waals surface area contributed by atoms with E-state index in [1.54, 1.807) is 42.5 Å². The van der Waals surface area contributed by atoms with Gasteiger partial charge in [0.25, 0.3) is 0 Å². The van der Waals surface area contributed by atoms with Crippen LogP contribution in [0.5, 0.6) is 0 Å². The number of carbonyl (C=O) groups is 2. The highest BCUT2D eigenvalue weighted by atomic mass is 16.2. The van der Waals surface area contributed by atoms with E-state index in [4.69, 9.17) is 0 Å². The van der Waals surface area contributed by atoms with E-state index >= 15 is 0 Å². The molecular weight excluding hydrogens is 188 g/mol. The lowest BCUT2D eigenvalue weighted by atomic mass is 10.1. The van der Waals surface area contributed by atoms with Gasteiger partial charge in [-0.05, 0) is 13.0 Å². The highest BCUT2D eigenvalue weighted by Gasteiger charge is 2.31. The zero-order valence-corrected chi connectivity index (χ0v) is 8.36. The van der Waals surface area contributed by atoms with Crippen molar-refractivity contribution >= 4 is 11.6 Å². The molecule has 0 aliphatic heterocycles. The van der Waals surface area contributed by atoms with Crippen LogP contribution in [-0.4, -0.2) is 11.6 Å². The number of carbonyl (C=O) groups excluding carboxylic acids is 2. The van der Waals surface area contributed by atoms with Gasteiger partial charge in [-0.3, -0.25) is 9.59 Å². The molecule has 0 amide bonds. The van der Waals surface area contributed by atoms with Crippen LogP contribution in [0.2, 0.25) is 0 Å². The SMILES string of the molecule is C/C=C/C=C1C(=O)c2ccccc2C1=O. The molecule has 1 aromatic carbocycles. The fourth-order valence-electron chi connectivity index (χ4n) is 1.62. The quantitative estimate of drug-likeness (QED) is 0.513. The van der Waals surface area contributed by atoms with E-state index in [0.29, 0.717) is 11.1 Å². The van der Waals surface area contributed by atoms with E-state index in [0.717, 1.165) is 0 Å². The molecule has 0 aromatic heterocycles. The average molecular weight is 198 g/mol. The first kappa shape index (κ1) is 9.59. The first-order valence-electron chi connectivity index (χ1n) is 4.77. The van der Waals surface area contributed by atoms with Gasteiger partial charge in [0, 0.05) is 11.1 Å². The summed E-state index contributed by atoms with van der Waals surface area (Å²) < 4.78 is 0. The number of hydrogen-bond acceptors (Lipinski definition) is 2. The zero-order chi connectivity index (χ0) is 10.8. The average Bonchev–Trinajstić information content (AvgIpc) is 2.51. The van der Waals surface area contributed by atoms with Crippen molar-refractivity contribution in [3.8, 4) is 0 Å². The summed E-state index contributed by atoms with van der Waals surface area (Å²) in [6.07, 6.45) is 5.07. The molecule has 2 nitrogen and oxygen atoms in total. The molecule has 0 heterocycles. The molecule has 0 spiro atoms. The predicted molar refractivity (Wildman–Crippen MR) is 58.0 cm³/mol. The van der Waals surface area contributed by atoms with Gasteiger partial charge in [-0.1, -0.05) is 36.4 Å². The minimum Gasteiger partial charge on any atom is -0.288 e. The molecule has 1 aromatic rings. The van der Waals surface area contributed by atoms with E-state index in [1.807, 2.05) is 6.92 Å². The molecule has 0 N–H and O–H groups in total. The number of benzene rings is 1. The van der Waals surface area contributed by atoms with Gasteiger partial charge in [-0.2, -0.15) is 0 Å². The van der Waals surface area contributed by atoms with Gasteiger partial charge in [-0.25, -0.2) is 0 Å². The van der Waals surface area contributed by atoms with Gasteiger partial charge < -0.3 is 0 Å². The molecule has 2 rings (SSSR count). The van der Waals surface area contributed by atoms with Crippen molar-refractivity contribution in [3.63, 3.8) is 0 Å². The molecule has 2 heteroatoms. The maximum absolute atomic E-state index is 11.8. The lowest BCUT2D eigenvalue weighted by molar-refractivity contribution is 0.0989. The van der Waals surface area contributed by atoms with Crippen molar-refractivity contribution in [2.75, 3.05) is 0 Å². The Labute approximate surface area is 87.9 Å². The van der Waals surface area contributed by atoms with Crippen LogP contribution in [0.25, 0.3) is 0 Å². The van der Waals surface area contributed by atoms with Crippen molar-refractivity contribution in [1.29, 1.82) is 0 Å². The Kier molecular flexibility index (Phi) is 2.34. The fraction of sp³-hybridized carbons (Fsp3) is 0.0769. The Balaban J connectivity index is 2.55. The standard InChI is InChI=1S/C13H10O2/c1-2-3-6-11-12(14)9-7-4-5-8-10(9)13(11)15/h2-8H,1H3/b3-2+. The molecule has 15 heavy (non-hydrogen) atoms. The molecule has 0 bridgehead atoms. The lowest BCUT2D eigenvalue weighted by Gasteiger charge is -1.90. The van der Waals surface area contributed by atoms with Crippen LogP contribution in [0.1, 0.15) is 27.6 Å². The third kappa shape index (κ3) is 1.44. The Morgan fingerprint density at radius 2 is 1.53 bits per heavy atom. The van der Waals surface area contributed by atoms with Crippen LogP contribution in [0.4, 0.5) is 0 Å². The number of fused-ring (bicyclic) bond motifs is 1. The van der Waals surface area contributed by atoms with Gasteiger partial charge in [0.2, 0.25) is 0 Å². The molecule has 0 atom stereocenters. The van der Waals surface area contributed by atoms with Crippen molar-refractivity contribution in [1.82, 2.24) is 0 Å². The highest BCUT2D eigenvalue weighted by molar-refractivity contribution is 6.39. The van der Waals surface area contributed by atoms with Gasteiger partial charge in [0.15, 0.2) is 11.6 Å². The maximum atomic E-state index is 11.8. The van der Waals surface area contributed by atoms with Crippen LogP contribution in [0.3, 0.4) is 0 Å². The van der Waals surface area contributed by atoms with E-state index in [-0.39, 0.29) is 17.1 Å². The summed E-state index contributed by atoms with van der Waals surface area (Å²) in [5.74, 6) is -0.345. The summed E-state index contributed by atoms with van der Waals surface area (Å²) in [6.45, 7) is 1.84. The largest absolute Gasteiger partial charge is 0.288 e. The van der Waals surface area contributed by atoms with Crippen molar-refractivity contribution in [2.45, 2.75) is 6.92 Å².